The fourth-order valence-electron chi connectivity index (χ4n) is 3.01. The lowest BCUT2D eigenvalue weighted by Crippen LogP contribution is -2.50. The minimum absolute atomic E-state index is 0.300. The van der Waals surface area contributed by atoms with Crippen molar-refractivity contribution in [2.24, 2.45) is 0 Å². The number of fused-ring (bicyclic) bond motifs is 1. The van der Waals surface area contributed by atoms with E-state index in [0.29, 0.717) is 16.7 Å². The molecule has 1 aromatic carbocycles. The second-order valence-corrected chi connectivity index (χ2v) is 5.62. The van der Waals surface area contributed by atoms with Crippen LogP contribution in [0.15, 0.2) is 28.7 Å². The Morgan fingerprint density at radius 1 is 1.24 bits per heavy atom. The Hall–Kier alpha value is -1.39. The summed E-state index contributed by atoms with van der Waals surface area (Å²) >= 11 is 0. The van der Waals surface area contributed by atoms with E-state index in [-0.39, 0.29) is 5.82 Å². The van der Waals surface area contributed by atoms with Crippen LogP contribution in [0.25, 0.3) is 11.0 Å². The maximum absolute atomic E-state index is 13.3. The Labute approximate surface area is 125 Å². The molecule has 0 spiro atoms. The van der Waals surface area contributed by atoms with Gasteiger partial charge < -0.3 is 9.52 Å². The van der Waals surface area contributed by atoms with Gasteiger partial charge in [-0.3, -0.25) is 4.90 Å². The first-order valence-electron chi connectivity index (χ1n) is 7.58. The maximum Gasteiger partial charge on any atom is 0.135 e. The number of likely N-dealkylation sites (N-methyl/N-ethyl adjacent to an activating group) is 1. The Bertz CT molecular complexity index is 606. The Balaban J connectivity index is 2.41. The first kappa shape index (κ1) is 16.0. The van der Waals surface area contributed by atoms with E-state index >= 15 is 0 Å². The molecule has 0 aliphatic heterocycles. The van der Waals surface area contributed by atoms with Gasteiger partial charge >= 0.3 is 0 Å². The average Bonchev–Trinajstić information content (AvgIpc) is 2.90. The third-order valence-electron chi connectivity index (χ3n) is 4.56. The van der Waals surface area contributed by atoms with Crippen molar-refractivity contribution in [3.63, 3.8) is 0 Å². The van der Waals surface area contributed by atoms with Crippen LogP contribution in [0.5, 0.6) is 0 Å². The minimum atomic E-state index is -0.752. The second-order valence-electron chi connectivity index (χ2n) is 5.62. The van der Waals surface area contributed by atoms with E-state index in [1.54, 1.807) is 12.1 Å². The van der Waals surface area contributed by atoms with Crippen LogP contribution in [0.3, 0.4) is 0 Å². The summed E-state index contributed by atoms with van der Waals surface area (Å²) in [6.07, 6.45) is 0.0409. The monoisotopic (exact) mass is 293 g/mol. The molecule has 2 rings (SSSR count). The van der Waals surface area contributed by atoms with E-state index < -0.39 is 11.6 Å². The highest BCUT2D eigenvalue weighted by Crippen LogP contribution is 2.36. The predicted octanol–water partition coefficient (Wildman–Crippen LogP) is 4.12. The van der Waals surface area contributed by atoms with Crippen LogP contribution in [-0.4, -0.2) is 28.6 Å². The molecule has 0 saturated carbocycles. The van der Waals surface area contributed by atoms with Crippen LogP contribution in [0.1, 0.15) is 46.0 Å². The maximum atomic E-state index is 13.3. The molecule has 0 amide bonds. The van der Waals surface area contributed by atoms with Gasteiger partial charge in [0, 0.05) is 5.39 Å². The van der Waals surface area contributed by atoms with Gasteiger partial charge in [0.05, 0.1) is 5.54 Å². The molecule has 4 heteroatoms. The summed E-state index contributed by atoms with van der Waals surface area (Å²) in [5.41, 5.74) is 0.194. The number of hydrogen-bond acceptors (Lipinski definition) is 3. The topological polar surface area (TPSA) is 36.6 Å². The van der Waals surface area contributed by atoms with Crippen molar-refractivity contribution >= 4 is 11.0 Å². The molecule has 0 aliphatic rings. The zero-order valence-corrected chi connectivity index (χ0v) is 13.2. The second kappa shape index (κ2) is 6.16. The van der Waals surface area contributed by atoms with Crippen LogP contribution in [0.4, 0.5) is 4.39 Å². The number of hydrogen-bond donors (Lipinski definition) is 1. The number of nitrogens with zero attached hydrogens (tertiary/aromatic N) is 1. The van der Waals surface area contributed by atoms with Crippen LogP contribution >= 0.6 is 0 Å². The van der Waals surface area contributed by atoms with Gasteiger partial charge in [0.1, 0.15) is 23.3 Å². The van der Waals surface area contributed by atoms with Crippen molar-refractivity contribution in [3.05, 3.63) is 35.8 Å². The molecule has 0 radical (unpaired) electrons. The van der Waals surface area contributed by atoms with Gasteiger partial charge in [0.25, 0.3) is 0 Å². The number of halogens is 1. The highest BCUT2D eigenvalue weighted by Gasteiger charge is 2.38. The van der Waals surface area contributed by atoms with E-state index in [1.165, 1.54) is 12.1 Å². The number of benzene rings is 1. The summed E-state index contributed by atoms with van der Waals surface area (Å²) < 4.78 is 19.0. The summed E-state index contributed by atoms with van der Waals surface area (Å²) in [7, 11) is 0. The lowest BCUT2D eigenvalue weighted by atomic mass is 9.87. The molecule has 0 bridgehead atoms. The molecule has 0 saturated heterocycles. The molecular formula is C17H24FNO2. The zero-order valence-electron chi connectivity index (χ0n) is 13.2. The van der Waals surface area contributed by atoms with Crippen molar-refractivity contribution in [1.82, 2.24) is 4.90 Å². The molecule has 0 fully saturated rings. The van der Waals surface area contributed by atoms with Gasteiger partial charge in [-0.15, -0.1) is 0 Å². The molecule has 116 valence electrons. The van der Waals surface area contributed by atoms with Crippen LogP contribution < -0.4 is 0 Å². The highest BCUT2D eigenvalue weighted by atomic mass is 19.1. The quantitative estimate of drug-likeness (QED) is 0.870. The summed E-state index contributed by atoms with van der Waals surface area (Å²) in [5.74, 6) is 0.193. The van der Waals surface area contributed by atoms with E-state index in [1.807, 2.05) is 6.92 Å². The lowest BCUT2D eigenvalue weighted by molar-refractivity contribution is -0.0314. The van der Waals surface area contributed by atoms with Crippen molar-refractivity contribution in [2.45, 2.75) is 45.8 Å². The highest BCUT2D eigenvalue weighted by molar-refractivity contribution is 5.78. The van der Waals surface area contributed by atoms with Gasteiger partial charge in [-0.1, -0.05) is 20.8 Å². The molecule has 1 N–H and O–H groups in total. The van der Waals surface area contributed by atoms with Gasteiger partial charge in [-0.05, 0) is 50.7 Å². The predicted molar refractivity (Wildman–Crippen MR) is 82.7 cm³/mol. The van der Waals surface area contributed by atoms with Gasteiger partial charge in [-0.25, -0.2) is 4.39 Å². The lowest BCUT2D eigenvalue weighted by Gasteiger charge is -2.42. The van der Waals surface area contributed by atoms with E-state index in [9.17, 15) is 9.50 Å². The van der Waals surface area contributed by atoms with Crippen molar-refractivity contribution in [1.29, 1.82) is 0 Å². The van der Waals surface area contributed by atoms with Crippen molar-refractivity contribution in [2.75, 3.05) is 13.1 Å². The first-order valence-corrected chi connectivity index (χ1v) is 7.58. The molecule has 2 atom stereocenters. The number of furan rings is 1. The Kier molecular flexibility index (Phi) is 4.69. The smallest absolute Gasteiger partial charge is 0.135 e. The summed E-state index contributed by atoms with van der Waals surface area (Å²) in [6, 6.07) is 6.13. The Morgan fingerprint density at radius 2 is 1.90 bits per heavy atom. The minimum Gasteiger partial charge on any atom is -0.458 e. The molecule has 1 aromatic heterocycles. The summed E-state index contributed by atoms with van der Waals surface area (Å²) in [6.45, 7) is 9.97. The first-order chi connectivity index (χ1) is 9.96. The van der Waals surface area contributed by atoms with Crippen molar-refractivity contribution < 1.29 is 13.9 Å². The zero-order chi connectivity index (χ0) is 15.6. The van der Waals surface area contributed by atoms with E-state index in [4.69, 9.17) is 4.42 Å². The van der Waals surface area contributed by atoms with E-state index in [2.05, 4.69) is 25.7 Å². The average molecular weight is 293 g/mol. The third kappa shape index (κ3) is 2.83. The van der Waals surface area contributed by atoms with Crippen molar-refractivity contribution in [3.8, 4) is 0 Å². The molecular weight excluding hydrogens is 269 g/mol. The number of aliphatic hydroxyl groups is 1. The van der Waals surface area contributed by atoms with Crippen LogP contribution in [-0.2, 0) is 0 Å². The van der Waals surface area contributed by atoms with Crippen LogP contribution in [0.2, 0.25) is 0 Å². The molecule has 3 nitrogen and oxygen atoms in total. The Morgan fingerprint density at radius 3 is 2.48 bits per heavy atom. The molecule has 2 aromatic rings. The molecule has 2 unspecified atom stereocenters. The van der Waals surface area contributed by atoms with Crippen LogP contribution in [0, 0.1) is 5.82 Å². The molecule has 0 aliphatic carbocycles. The van der Waals surface area contributed by atoms with Gasteiger partial charge in [0.15, 0.2) is 0 Å². The molecule has 21 heavy (non-hydrogen) atoms. The largest absolute Gasteiger partial charge is 0.458 e. The van der Waals surface area contributed by atoms with Gasteiger partial charge in [0.2, 0.25) is 0 Å². The fourth-order valence-corrected chi connectivity index (χ4v) is 3.01. The normalized spacial score (nSPS) is 16.3. The third-order valence-corrected chi connectivity index (χ3v) is 4.56. The molecule has 1 heterocycles. The standard InChI is InChI=1S/C17H24FNO2/c1-5-17(4,19(6-2)7-3)16(20)15-11-12-10-13(18)8-9-14(12)21-15/h8-11,16,20H,5-7H2,1-4H3. The summed E-state index contributed by atoms with van der Waals surface area (Å²) in [4.78, 5) is 2.23. The number of rotatable bonds is 6. The number of aliphatic hydroxyl groups excluding tert-OH is 1. The van der Waals surface area contributed by atoms with E-state index in [0.717, 1.165) is 19.5 Å². The SMILES string of the molecule is CCN(CC)C(C)(CC)C(O)c1cc2cc(F)ccc2o1. The fraction of sp³-hybridized carbons (Fsp3) is 0.529. The summed E-state index contributed by atoms with van der Waals surface area (Å²) in [5, 5.41) is 11.5. The van der Waals surface area contributed by atoms with Gasteiger partial charge in [-0.2, -0.15) is 0 Å².